The van der Waals surface area contributed by atoms with Crippen molar-refractivity contribution >= 4 is 29.4 Å². The van der Waals surface area contributed by atoms with Crippen LogP contribution in [-0.2, 0) is 4.79 Å². The number of hydrazone groups is 1. The van der Waals surface area contributed by atoms with Gasteiger partial charge in [0.15, 0.2) is 6.61 Å². The highest BCUT2D eigenvalue weighted by Gasteiger charge is 2.02. The number of ether oxygens (including phenoxy) is 1. The third-order valence-electron chi connectivity index (χ3n) is 3.61. The summed E-state index contributed by atoms with van der Waals surface area (Å²) >= 11 is 5.79. The Balaban J connectivity index is 1.79. The van der Waals surface area contributed by atoms with Gasteiger partial charge >= 0.3 is 0 Å². The number of benzene rings is 2. The second-order valence-electron chi connectivity index (χ2n) is 5.30. The van der Waals surface area contributed by atoms with Gasteiger partial charge in [0.05, 0.1) is 6.21 Å². The number of nitrogens with zero attached hydrogens (tertiary/aromatic N) is 2. The first-order chi connectivity index (χ1) is 12.1. The van der Waals surface area contributed by atoms with Gasteiger partial charge in [0.25, 0.3) is 5.91 Å². The van der Waals surface area contributed by atoms with Crippen molar-refractivity contribution in [1.82, 2.24) is 5.43 Å². The number of carbonyl (C=O) groups is 1. The van der Waals surface area contributed by atoms with Gasteiger partial charge in [-0.15, -0.1) is 0 Å². The van der Waals surface area contributed by atoms with Gasteiger partial charge in [-0.25, -0.2) is 5.43 Å². The summed E-state index contributed by atoms with van der Waals surface area (Å²) in [4.78, 5) is 14.0. The maximum Gasteiger partial charge on any atom is 0.277 e. The molecule has 0 aliphatic carbocycles. The number of hydrogen-bond acceptors (Lipinski definition) is 4. The van der Waals surface area contributed by atoms with Crippen LogP contribution in [0.15, 0.2) is 53.6 Å². The van der Waals surface area contributed by atoms with E-state index in [1.54, 1.807) is 30.5 Å². The summed E-state index contributed by atoms with van der Waals surface area (Å²) in [5.74, 6) is 0.251. The average molecular weight is 360 g/mol. The molecule has 0 radical (unpaired) electrons. The van der Waals surface area contributed by atoms with Crippen molar-refractivity contribution in [2.24, 2.45) is 5.10 Å². The van der Waals surface area contributed by atoms with E-state index >= 15 is 0 Å². The van der Waals surface area contributed by atoms with Gasteiger partial charge < -0.3 is 9.64 Å². The summed E-state index contributed by atoms with van der Waals surface area (Å²) in [6.07, 6.45) is 1.60. The summed E-state index contributed by atoms with van der Waals surface area (Å²) < 4.78 is 5.34. The van der Waals surface area contributed by atoms with E-state index in [0.717, 1.165) is 18.7 Å². The van der Waals surface area contributed by atoms with Crippen LogP contribution in [0.3, 0.4) is 0 Å². The number of anilines is 1. The Labute approximate surface area is 153 Å². The first kappa shape index (κ1) is 18.8. The van der Waals surface area contributed by atoms with Crippen molar-refractivity contribution in [3.8, 4) is 5.75 Å². The highest BCUT2D eigenvalue weighted by atomic mass is 35.5. The average Bonchev–Trinajstić information content (AvgIpc) is 2.63. The first-order valence-corrected chi connectivity index (χ1v) is 8.55. The van der Waals surface area contributed by atoms with Crippen LogP contribution < -0.4 is 15.1 Å². The lowest BCUT2D eigenvalue weighted by Gasteiger charge is -2.20. The van der Waals surface area contributed by atoms with Gasteiger partial charge in [0, 0.05) is 23.8 Å². The Morgan fingerprint density at radius 2 is 1.76 bits per heavy atom. The largest absolute Gasteiger partial charge is 0.484 e. The minimum Gasteiger partial charge on any atom is -0.484 e. The second-order valence-corrected chi connectivity index (χ2v) is 5.74. The molecule has 0 saturated carbocycles. The van der Waals surface area contributed by atoms with Crippen LogP contribution in [0.4, 0.5) is 5.69 Å². The number of amides is 1. The molecule has 6 heteroatoms. The third-order valence-corrected chi connectivity index (χ3v) is 3.86. The number of carbonyl (C=O) groups excluding carboxylic acids is 1. The van der Waals surface area contributed by atoms with Gasteiger partial charge in [-0.2, -0.15) is 5.10 Å². The molecule has 2 aromatic rings. The topological polar surface area (TPSA) is 53.9 Å². The van der Waals surface area contributed by atoms with E-state index in [0.29, 0.717) is 10.8 Å². The third kappa shape index (κ3) is 6.12. The molecule has 5 nitrogen and oxygen atoms in total. The molecule has 2 aromatic carbocycles. The summed E-state index contributed by atoms with van der Waals surface area (Å²) in [5, 5.41) is 4.56. The molecule has 0 saturated heterocycles. The van der Waals surface area contributed by atoms with Gasteiger partial charge in [0.1, 0.15) is 5.75 Å². The Hall–Kier alpha value is -2.53. The normalized spacial score (nSPS) is 10.7. The summed E-state index contributed by atoms with van der Waals surface area (Å²) in [5.41, 5.74) is 4.52. The Morgan fingerprint density at radius 1 is 1.12 bits per heavy atom. The zero-order valence-corrected chi connectivity index (χ0v) is 15.2. The van der Waals surface area contributed by atoms with Gasteiger partial charge in [0.2, 0.25) is 0 Å². The highest BCUT2D eigenvalue weighted by Crippen LogP contribution is 2.15. The fourth-order valence-electron chi connectivity index (χ4n) is 2.25. The molecule has 0 spiro atoms. The van der Waals surface area contributed by atoms with Crippen molar-refractivity contribution in [2.75, 3.05) is 24.6 Å². The van der Waals surface area contributed by atoms with E-state index < -0.39 is 0 Å². The van der Waals surface area contributed by atoms with Crippen molar-refractivity contribution in [2.45, 2.75) is 13.8 Å². The lowest BCUT2D eigenvalue weighted by molar-refractivity contribution is -0.123. The quantitative estimate of drug-likeness (QED) is 0.577. The van der Waals surface area contributed by atoms with Crippen molar-refractivity contribution < 1.29 is 9.53 Å². The summed E-state index contributed by atoms with van der Waals surface area (Å²) in [6.45, 7) is 6.07. The Morgan fingerprint density at radius 3 is 2.36 bits per heavy atom. The van der Waals surface area contributed by atoms with E-state index in [1.165, 1.54) is 5.69 Å². The van der Waals surface area contributed by atoms with E-state index in [9.17, 15) is 4.79 Å². The number of nitrogens with one attached hydrogen (secondary N) is 1. The van der Waals surface area contributed by atoms with Crippen molar-refractivity contribution in [3.63, 3.8) is 0 Å². The van der Waals surface area contributed by atoms with Gasteiger partial charge in [-0.1, -0.05) is 23.7 Å². The predicted molar refractivity (Wildman–Crippen MR) is 103 cm³/mol. The summed E-state index contributed by atoms with van der Waals surface area (Å²) in [6, 6.07) is 14.8. The van der Waals surface area contributed by atoms with Gasteiger partial charge in [-0.3, -0.25) is 4.79 Å². The first-order valence-electron chi connectivity index (χ1n) is 8.17. The van der Waals surface area contributed by atoms with Crippen LogP contribution >= 0.6 is 11.6 Å². The molecule has 132 valence electrons. The maximum absolute atomic E-state index is 11.7. The number of hydrogen-bond donors (Lipinski definition) is 1. The molecule has 0 aliphatic heterocycles. The zero-order valence-electron chi connectivity index (χ0n) is 14.4. The van der Waals surface area contributed by atoms with E-state index in [1.807, 2.05) is 24.3 Å². The highest BCUT2D eigenvalue weighted by molar-refractivity contribution is 6.30. The number of rotatable bonds is 8. The molecular weight excluding hydrogens is 338 g/mol. The molecule has 0 fully saturated rings. The smallest absolute Gasteiger partial charge is 0.277 e. The Kier molecular flexibility index (Phi) is 7.29. The SMILES string of the molecule is CCN(CC)c1ccc(/C=N/NC(=O)COc2ccc(Cl)cc2)cc1. The van der Waals surface area contributed by atoms with Crippen LogP contribution in [0.5, 0.6) is 5.75 Å². The Bertz CT molecular complexity index is 696. The number of halogens is 1. The van der Waals surface area contributed by atoms with Crippen LogP contribution in [-0.4, -0.2) is 31.8 Å². The molecule has 1 N–H and O–H groups in total. The molecule has 0 atom stereocenters. The summed E-state index contributed by atoms with van der Waals surface area (Å²) in [7, 11) is 0. The van der Waals surface area contributed by atoms with E-state index in [4.69, 9.17) is 16.3 Å². The lowest BCUT2D eigenvalue weighted by Crippen LogP contribution is -2.24. The molecule has 0 heterocycles. The fraction of sp³-hybridized carbons (Fsp3) is 0.263. The minimum atomic E-state index is -0.328. The minimum absolute atomic E-state index is 0.111. The lowest BCUT2D eigenvalue weighted by atomic mass is 10.2. The molecule has 0 unspecified atom stereocenters. The van der Waals surface area contributed by atoms with Crippen LogP contribution in [0.2, 0.25) is 5.02 Å². The molecule has 0 bridgehead atoms. The molecule has 0 aliphatic rings. The fourth-order valence-corrected chi connectivity index (χ4v) is 2.38. The van der Waals surface area contributed by atoms with E-state index in [2.05, 4.69) is 29.3 Å². The molecular formula is C19H22ClN3O2. The maximum atomic E-state index is 11.7. The zero-order chi connectivity index (χ0) is 18.1. The molecule has 1 amide bonds. The van der Waals surface area contributed by atoms with Crippen LogP contribution in [0.25, 0.3) is 0 Å². The van der Waals surface area contributed by atoms with Crippen LogP contribution in [0.1, 0.15) is 19.4 Å². The standard InChI is InChI=1S/C19H22ClN3O2/c1-3-23(4-2)17-9-5-15(6-10-17)13-21-22-19(24)14-25-18-11-7-16(20)8-12-18/h5-13H,3-4,14H2,1-2H3,(H,22,24)/b21-13+. The van der Waals surface area contributed by atoms with E-state index in [-0.39, 0.29) is 12.5 Å². The van der Waals surface area contributed by atoms with Gasteiger partial charge in [-0.05, 0) is 55.8 Å². The van der Waals surface area contributed by atoms with Crippen molar-refractivity contribution in [1.29, 1.82) is 0 Å². The van der Waals surface area contributed by atoms with Crippen LogP contribution in [0, 0.1) is 0 Å². The monoisotopic (exact) mass is 359 g/mol. The van der Waals surface area contributed by atoms with Crippen molar-refractivity contribution in [3.05, 3.63) is 59.1 Å². The molecule has 2 rings (SSSR count). The molecule has 25 heavy (non-hydrogen) atoms. The predicted octanol–water partition coefficient (Wildman–Crippen LogP) is 3.72. The molecule has 0 aromatic heterocycles. The second kappa shape index (κ2) is 9.69.